The number of rotatable bonds is 5. The number of benzene rings is 5. The first-order chi connectivity index (χ1) is 27.7. The molecule has 0 saturated heterocycles. The third-order valence-corrected chi connectivity index (χ3v) is 7.86. The SMILES string of the molecule is [2H]c1c([2H])c([2H])c(-c2cccc(Nc3c(-c4c([2H])c([2H])c(C(C)(C)C)c([2H])c4[2H])c([2H])c(C(C)(C)C)c([2H])c3-c3c([2H])c([2H])c(C(C)(C)C)c([2H])c3C(C)(C)C)c2)c([2H])c1[2H]. The lowest BCUT2D eigenvalue weighted by Crippen LogP contribution is -2.18. The Labute approximate surface area is 305 Å². The van der Waals surface area contributed by atoms with E-state index in [1.54, 1.807) is 59.7 Å². The van der Waals surface area contributed by atoms with Crippen molar-refractivity contribution in [2.24, 2.45) is 0 Å². The lowest BCUT2D eigenvalue weighted by molar-refractivity contribution is 0.569. The highest BCUT2D eigenvalue weighted by Gasteiger charge is 2.27. The van der Waals surface area contributed by atoms with Crippen molar-refractivity contribution in [1.82, 2.24) is 0 Å². The largest absolute Gasteiger partial charge is 0.354 e. The average molecular weight is 636 g/mol. The lowest BCUT2D eigenvalue weighted by atomic mass is 9.75. The highest BCUT2D eigenvalue weighted by Crippen LogP contribution is 2.46. The monoisotopic (exact) mass is 636 g/mol. The van der Waals surface area contributed by atoms with Gasteiger partial charge in [0.1, 0.15) is 0 Å². The van der Waals surface area contributed by atoms with Crippen LogP contribution < -0.4 is 5.32 Å². The van der Waals surface area contributed by atoms with Gasteiger partial charge in [0.25, 0.3) is 0 Å². The minimum absolute atomic E-state index is 0.0112. The Morgan fingerprint density at radius 1 is 0.468 bits per heavy atom. The molecule has 244 valence electrons. The second-order valence-corrected chi connectivity index (χ2v) is 16.2. The van der Waals surface area contributed by atoms with Gasteiger partial charge in [-0.15, -0.1) is 0 Å². The van der Waals surface area contributed by atoms with Crippen LogP contribution in [-0.4, -0.2) is 0 Å². The first-order valence-corrected chi connectivity index (χ1v) is 16.1. The molecule has 1 nitrogen and oxygen atoms in total. The summed E-state index contributed by atoms with van der Waals surface area (Å²) in [5.74, 6) is 0. The molecular formula is C46H55N. The molecule has 5 aromatic carbocycles. The summed E-state index contributed by atoms with van der Waals surface area (Å²) in [4.78, 5) is 0. The van der Waals surface area contributed by atoms with Gasteiger partial charge >= 0.3 is 0 Å². The molecule has 0 spiro atoms. The summed E-state index contributed by atoms with van der Waals surface area (Å²) >= 11 is 0. The van der Waals surface area contributed by atoms with Crippen LogP contribution in [0, 0.1) is 0 Å². The standard InChI is InChI=1S/C46H55N/c1-43(2,3)34-23-21-32(22-24-34)39-28-36(45(7,8)9)29-40(38-26-25-35(44(4,5)6)30-41(38)46(10,11)12)42(39)47-37-20-16-19-33(27-37)31-17-14-13-15-18-31/h13-30,47H,1-12H3/i13D,14D,15D,17D,18D,21D,22D,23D,24D,25D,26D,28D,29D,30D. The summed E-state index contributed by atoms with van der Waals surface area (Å²) in [5.41, 5.74) is -2.18. The molecule has 47 heavy (non-hydrogen) atoms. The van der Waals surface area contributed by atoms with Crippen LogP contribution in [0.1, 0.15) is 125 Å². The molecule has 1 N–H and O–H groups in total. The van der Waals surface area contributed by atoms with Gasteiger partial charge in [-0.25, -0.2) is 0 Å². The highest BCUT2D eigenvalue weighted by molar-refractivity contribution is 5.95. The molecule has 0 aliphatic rings. The van der Waals surface area contributed by atoms with Crippen LogP contribution in [0.3, 0.4) is 0 Å². The normalized spacial score (nSPS) is 16.9. The maximum absolute atomic E-state index is 10.0. The van der Waals surface area contributed by atoms with Gasteiger partial charge in [0.05, 0.1) is 24.9 Å². The van der Waals surface area contributed by atoms with Gasteiger partial charge in [0, 0.05) is 16.8 Å². The van der Waals surface area contributed by atoms with Crippen LogP contribution >= 0.6 is 0 Å². The Bertz CT molecular complexity index is 2580. The van der Waals surface area contributed by atoms with Crippen LogP contribution in [0.15, 0.2) is 109 Å². The van der Waals surface area contributed by atoms with E-state index < -0.39 is 64.0 Å². The zero-order valence-corrected chi connectivity index (χ0v) is 29.8. The molecule has 0 saturated carbocycles. The van der Waals surface area contributed by atoms with E-state index >= 15 is 0 Å². The van der Waals surface area contributed by atoms with Crippen LogP contribution in [0.5, 0.6) is 0 Å². The molecule has 0 aliphatic carbocycles. The Morgan fingerprint density at radius 2 is 1.04 bits per heavy atom. The van der Waals surface area contributed by atoms with Crippen molar-refractivity contribution in [3.8, 4) is 33.4 Å². The van der Waals surface area contributed by atoms with Gasteiger partial charge in [-0.3, -0.25) is 0 Å². The Balaban J connectivity index is 2.13. The fourth-order valence-corrected chi connectivity index (χ4v) is 5.04. The summed E-state index contributed by atoms with van der Waals surface area (Å²) < 4.78 is 128. The molecule has 0 radical (unpaired) electrons. The number of hydrogen-bond donors (Lipinski definition) is 1. The van der Waals surface area contributed by atoms with Crippen LogP contribution in [0.25, 0.3) is 33.4 Å². The minimum atomic E-state index is -0.941. The van der Waals surface area contributed by atoms with Crippen LogP contribution in [0.4, 0.5) is 11.4 Å². The minimum Gasteiger partial charge on any atom is -0.354 e. The Kier molecular flexibility index (Phi) is 5.40. The number of anilines is 2. The van der Waals surface area contributed by atoms with E-state index in [9.17, 15) is 12.3 Å². The molecule has 0 heterocycles. The summed E-state index contributed by atoms with van der Waals surface area (Å²) in [5, 5.41) is 3.33. The van der Waals surface area contributed by atoms with Gasteiger partial charge in [-0.05, 0) is 90.4 Å². The molecule has 0 unspecified atom stereocenters. The van der Waals surface area contributed by atoms with E-state index in [4.69, 9.17) is 6.85 Å². The second kappa shape index (κ2) is 12.5. The van der Waals surface area contributed by atoms with Crippen molar-refractivity contribution in [3.05, 3.63) is 131 Å². The smallest absolute Gasteiger partial charge is 0.0633 e. The van der Waals surface area contributed by atoms with E-state index in [1.807, 2.05) is 41.5 Å². The molecular weight excluding hydrogens is 567 g/mol. The fraction of sp³-hybridized carbons (Fsp3) is 0.348. The summed E-state index contributed by atoms with van der Waals surface area (Å²) in [6.07, 6.45) is 0. The molecule has 0 atom stereocenters. The van der Waals surface area contributed by atoms with Gasteiger partial charge in [-0.1, -0.05) is 168 Å². The fourth-order valence-electron chi connectivity index (χ4n) is 5.04. The van der Waals surface area contributed by atoms with E-state index in [0.29, 0.717) is 11.1 Å². The third kappa shape index (κ3) is 7.73. The first-order valence-electron chi connectivity index (χ1n) is 23.1. The maximum Gasteiger partial charge on any atom is 0.0633 e. The van der Waals surface area contributed by atoms with Crippen molar-refractivity contribution < 1.29 is 19.2 Å². The van der Waals surface area contributed by atoms with Crippen molar-refractivity contribution in [2.75, 3.05) is 5.32 Å². The van der Waals surface area contributed by atoms with Crippen molar-refractivity contribution in [3.63, 3.8) is 0 Å². The molecule has 0 aromatic heterocycles. The van der Waals surface area contributed by atoms with E-state index in [2.05, 4.69) is 5.32 Å². The summed E-state index contributed by atoms with van der Waals surface area (Å²) in [7, 11) is 0. The van der Waals surface area contributed by atoms with Crippen LogP contribution in [-0.2, 0) is 21.7 Å². The van der Waals surface area contributed by atoms with E-state index in [1.165, 1.54) is 6.07 Å². The van der Waals surface area contributed by atoms with Crippen molar-refractivity contribution in [2.45, 2.75) is 105 Å². The molecule has 0 fully saturated rings. The Morgan fingerprint density at radius 3 is 1.62 bits per heavy atom. The molecule has 5 rings (SSSR count). The first kappa shape index (κ1) is 20.3. The number of nitrogens with one attached hydrogen (secondary N) is 1. The predicted octanol–water partition coefficient (Wildman–Crippen LogP) is 13.6. The topological polar surface area (TPSA) is 12.0 Å². The van der Waals surface area contributed by atoms with Gasteiger partial charge < -0.3 is 5.32 Å². The Hall–Kier alpha value is -4.10. The predicted molar refractivity (Wildman–Crippen MR) is 207 cm³/mol. The zero-order chi connectivity index (χ0) is 46.5. The molecule has 5 aromatic rings. The summed E-state index contributed by atoms with van der Waals surface area (Å²) in [6, 6.07) is 1.46. The third-order valence-electron chi connectivity index (χ3n) is 7.86. The average Bonchev–Trinajstić information content (AvgIpc) is 3.10. The van der Waals surface area contributed by atoms with Crippen molar-refractivity contribution in [1.29, 1.82) is 0 Å². The maximum atomic E-state index is 10.0. The van der Waals surface area contributed by atoms with E-state index in [0.717, 1.165) is 0 Å². The van der Waals surface area contributed by atoms with Gasteiger partial charge in [0.15, 0.2) is 0 Å². The molecule has 1 heteroatoms. The number of hydrogen-bond acceptors (Lipinski definition) is 1. The quantitative estimate of drug-likeness (QED) is 0.203. The molecule has 0 bridgehead atoms. The summed E-state index contributed by atoms with van der Waals surface area (Å²) in [6.45, 7) is 22.0. The molecule has 0 amide bonds. The van der Waals surface area contributed by atoms with E-state index in [-0.39, 0.29) is 98.2 Å². The zero-order valence-electron chi connectivity index (χ0n) is 43.8. The van der Waals surface area contributed by atoms with Crippen molar-refractivity contribution >= 4 is 11.4 Å². The van der Waals surface area contributed by atoms with Gasteiger partial charge in [0.2, 0.25) is 0 Å². The van der Waals surface area contributed by atoms with Crippen LogP contribution in [0.2, 0.25) is 0 Å². The van der Waals surface area contributed by atoms with Gasteiger partial charge in [-0.2, -0.15) is 0 Å². The second-order valence-electron chi connectivity index (χ2n) is 16.2. The molecule has 0 aliphatic heterocycles. The lowest BCUT2D eigenvalue weighted by Gasteiger charge is -2.30. The highest BCUT2D eigenvalue weighted by atomic mass is 14.9.